The van der Waals surface area contributed by atoms with E-state index in [1.54, 1.807) is 11.0 Å². The predicted octanol–water partition coefficient (Wildman–Crippen LogP) is 0.321. The van der Waals surface area contributed by atoms with Crippen LogP contribution in [0.3, 0.4) is 0 Å². The lowest BCUT2D eigenvalue weighted by Crippen LogP contribution is -2.38. The number of tetrazole rings is 1. The van der Waals surface area contributed by atoms with Crippen LogP contribution in [0.1, 0.15) is 18.4 Å². The highest BCUT2D eigenvalue weighted by atomic mass is 16.1. The molecule has 22 heavy (non-hydrogen) atoms. The normalized spacial score (nSPS) is 18.1. The Bertz CT molecular complexity index is 589. The molecular formula is C15H20N6O. The maximum atomic E-state index is 12.0. The Kier molecular flexibility index (Phi) is 4.75. The number of hydrogen-bond donors (Lipinski definition) is 2. The summed E-state index contributed by atoms with van der Waals surface area (Å²) in [6.45, 7) is 2.85. The van der Waals surface area contributed by atoms with Crippen molar-refractivity contribution in [1.29, 1.82) is 0 Å². The van der Waals surface area contributed by atoms with Crippen LogP contribution in [0.25, 0.3) is 5.69 Å². The van der Waals surface area contributed by atoms with E-state index in [9.17, 15) is 4.79 Å². The van der Waals surface area contributed by atoms with Crippen molar-refractivity contribution in [3.8, 4) is 5.69 Å². The largest absolute Gasteiger partial charge is 0.355 e. The monoisotopic (exact) mass is 300 g/mol. The lowest BCUT2D eigenvalue weighted by molar-refractivity contribution is -0.120. The first kappa shape index (κ1) is 14.6. The fourth-order valence-electron chi connectivity index (χ4n) is 2.65. The predicted molar refractivity (Wildman–Crippen MR) is 81.5 cm³/mol. The summed E-state index contributed by atoms with van der Waals surface area (Å²) in [4.78, 5) is 12.0. The molecule has 1 aliphatic rings. The minimum Gasteiger partial charge on any atom is -0.355 e. The number of piperidine rings is 1. The summed E-state index contributed by atoms with van der Waals surface area (Å²) in [6, 6.07) is 7.67. The quantitative estimate of drug-likeness (QED) is 0.831. The van der Waals surface area contributed by atoms with Gasteiger partial charge in [-0.3, -0.25) is 4.79 Å². The molecule has 1 saturated heterocycles. The van der Waals surface area contributed by atoms with Crippen molar-refractivity contribution in [2.24, 2.45) is 5.92 Å². The Balaban J connectivity index is 1.48. The van der Waals surface area contributed by atoms with Crippen molar-refractivity contribution in [2.45, 2.75) is 19.3 Å². The van der Waals surface area contributed by atoms with Gasteiger partial charge in [0.2, 0.25) is 5.91 Å². The second-order valence-corrected chi connectivity index (χ2v) is 5.61. The number of amides is 1. The van der Waals surface area contributed by atoms with Crippen LogP contribution in [-0.4, -0.2) is 45.7 Å². The van der Waals surface area contributed by atoms with Crippen LogP contribution in [0.15, 0.2) is 30.6 Å². The molecule has 0 spiro atoms. The molecule has 1 atom stereocenters. The second kappa shape index (κ2) is 7.13. The highest BCUT2D eigenvalue weighted by molar-refractivity contribution is 5.78. The molecule has 116 valence electrons. The van der Waals surface area contributed by atoms with Gasteiger partial charge >= 0.3 is 0 Å². The number of aromatic nitrogens is 4. The van der Waals surface area contributed by atoms with Crippen molar-refractivity contribution in [1.82, 2.24) is 30.8 Å². The number of benzene rings is 1. The van der Waals surface area contributed by atoms with Gasteiger partial charge in [-0.2, -0.15) is 0 Å². The summed E-state index contributed by atoms with van der Waals surface area (Å²) in [5, 5.41) is 17.4. The molecule has 2 N–H and O–H groups in total. The average Bonchev–Trinajstić information content (AvgIpc) is 3.09. The molecule has 1 fully saturated rings. The third kappa shape index (κ3) is 3.88. The Morgan fingerprint density at radius 1 is 1.36 bits per heavy atom. The fraction of sp³-hybridized carbons (Fsp3) is 0.467. The average molecular weight is 300 g/mol. The number of rotatable bonds is 5. The van der Waals surface area contributed by atoms with E-state index in [2.05, 4.69) is 26.2 Å². The molecule has 1 aliphatic heterocycles. The van der Waals surface area contributed by atoms with E-state index in [4.69, 9.17) is 0 Å². The molecule has 1 unspecified atom stereocenters. The summed E-state index contributed by atoms with van der Waals surface area (Å²) in [5.41, 5.74) is 1.86. The molecule has 0 saturated carbocycles. The molecule has 7 nitrogen and oxygen atoms in total. The third-order valence-corrected chi connectivity index (χ3v) is 3.90. The molecule has 2 heterocycles. The van der Waals surface area contributed by atoms with Crippen LogP contribution < -0.4 is 10.6 Å². The molecule has 1 aromatic carbocycles. The van der Waals surface area contributed by atoms with E-state index in [0.29, 0.717) is 12.3 Å². The lowest BCUT2D eigenvalue weighted by atomic mass is 9.99. The molecule has 7 heteroatoms. The van der Waals surface area contributed by atoms with Gasteiger partial charge in [0.05, 0.1) is 12.1 Å². The van der Waals surface area contributed by atoms with Gasteiger partial charge in [-0.15, -0.1) is 5.10 Å². The van der Waals surface area contributed by atoms with Crippen molar-refractivity contribution in [2.75, 3.05) is 19.6 Å². The van der Waals surface area contributed by atoms with E-state index in [1.165, 1.54) is 12.8 Å². The van der Waals surface area contributed by atoms with Crippen molar-refractivity contribution < 1.29 is 4.79 Å². The van der Waals surface area contributed by atoms with Crippen LogP contribution in [0.4, 0.5) is 0 Å². The van der Waals surface area contributed by atoms with Crippen molar-refractivity contribution >= 4 is 5.91 Å². The zero-order valence-corrected chi connectivity index (χ0v) is 12.4. The topological polar surface area (TPSA) is 84.7 Å². The number of carbonyl (C=O) groups excluding carboxylic acids is 1. The van der Waals surface area contributed by atoms with Gasteiger partial charge in [-0.1, -0.05) is 12.1 Å². The Labute approximate surface area is 129 Å². The van der Waals surface area contributed by atoms with Gasteiger partial charge in [0.1, 0.15) is 6.33 Å². The molecule has 0 aliphatic carbocycles. The van der Waals surface area contributed by atoms with Crippen molar-refractivity contribution in [3.63, 3.8) is 0 Å². The van der Waals surface area contributed by atoms with Crippen LogP contribution in [0.5, 0.6) is 0 Å². The number of nitrogens with one attached hydrogen (secondary N) is 2. The van der Waals surface area contributed by atoms with E-state index in [0.717, 1.165) is 30.9 Å². The van der Waals surface area contributed by atoms with E-state index in [-0.39, 0.29) is 5.91 Å². The van der Waals surface area contributed by atoms with Crippen LogP contribution in [0.2, 0.25) is 0 Å². The molecular weight excluding hydrogens is 280 g/mol. The van der Waals surface area contributed by atoms with Gasteiger partial charge < -0.3 is 10.6 Å². The SMILES string of the molecule is O=C(Cc1ccc(-n2cnnn2)cc1)NCC1CCCNC1. The summed E-state index contributed by atoms with van der Waals surface area (Å²) < 4.78 is 1.58. The smallest absolute Gasteiger partial charge is 0.224 e. The number of hydrogen-bond acceptors (Lipinski definition) is 5. The fourth-order valence-corrected chi connectivity index (χ4v) is 2.65. The van der Waals surface area contributed by atoms with Crippen LogP contribution in [0, 0.1) is 5.92 Å². The summed E-state index contributed by atoms with van der Waals surface area (Å²) in [7, 11) is 0. The summed E-state index contributed by atoms with van der Waals surface area (Å²) >= 11 is 0. The second-order valence-electron chi connectivity index (χ2n) is 5.61. The van der Waals surface area contributed by atoms with Crippen molar-refractivity contribution in [3.05, 3.63) is 36.2 Å². The summed E-state index contributed by atoms with van der Waals surface area (Å²) in [5.74, 6) is 0.626. The molecule has 3 rings (SSSR count). The van der Waals surface area contributed by atoms with Crippen LogP contribution >= 0.6 is 0 Å². The van der Waals surface area contributed by atoms with E-state index < -0.39 is 0 Å². The maximum absolute atomic E-state index is 12.0. The summed E-state index contributed by atoms with van der Waals surface area (Å²) in [6.07, 6.45) is 4.32. The lowest BCUT2D eigenvalue weighted by Gasteiger charge is -2.22. The maximum Gasteiger partial charge on any atom is 0.224 e. The van der Waals surface area contributed by atoms with Gasteiger partial charge in [0, 0.05) is 6.54 Å². The highest BCUT2D eigenvalue weighted by Gasteiger charge is 2.13. The number of nitrogens with zero attached hydrogens (tertiary/aromatic N) is 4. The van der Waals surface area contributed by atoms with E-state index >= 15 is 0 Å². The van der Waals surface area contributed by atoms with Gasteiger partial charge in [-0.05, 0) is 60.0 Å². The Morgan fingerprint density at radius 2 is 2.23 bits per heavy atom. The zero-order chi connectivity index (χ0) is 15.2. The van der Waals surface area contributed by atoms with E-state index in [1.807, 2.05) is 24.3 Å². The molecule has 1 aromatic heterocycles. The number of carbonyl (C=O) groups is 1. The van der Waals surface area contributed by atoms with Gasteiger partial charge in [-0.25, -0.2) is 4.68 Å². The first-order chi connectivity index (χ1) is 10.8. The third-order valence-electron chi connectivity index (χ3n) is 3.90. The Hall–Kier alpha value is -2.28. The molecule has 0 radical (unpaired) electrons. The standard InChI is InChI=1S/C15H20N6O/c22-15(17-10-13-2-1-7-16-9-13)8-12-3-5-14(6-4-12)21-11-18-19-20-21/h3-6,11,13,16H,1-2,7-10H2,(H,17,22). The first-order valence-corrected chi connectivity index (χ1v) is 7.61. The van der Waals surface area contributed by atoms with Gasteiger partial charge in [0.15, 0.2) is 0 Å². The molecule has 1 amide bonds. The van der Waals surface area contributed by atoms with Gasteiger partial charge in [0.25, 0.3) is 0 Å². The first-order valence-electron chi connectivity index (χ1n) is 7.61. The molecule has 2 aromatic rings. The zero-order valence-electron chi connectivity index (χ0n) is 12.4. The highest BCUT2D eigenvalue weighted by Crippen LogP contribution is 2.10. The minimum atomic E-state index is 0.0701. The Morgan fingerprint density at radius 3 is 2.91 bits per heavy atom. The minimum absolute atomic E-state index is 0.0701. The van der Waals surface area contributed by atoms with Crippen LogP contribution in [-0.2, 0) is 11.2 Å². The molecule has 0 bridgehead atoms.